The minimum Gasteiger partial charge on any atom is -0.393 e. The van der Waals surface area contributed by atoms with Gasteiger partial charge in [0.2, 0.25) is 0 Å². The van der Waals surface area contributed by atoms with Gasteiger partial charge in [-0.25, -0.2) is 14.4 Å². The van der Waals surface area contributed by atoms with Crippen molar-refractivity contribution in [1.82, 2.24) is 9.97 Å². The number of anilines is 3. The van der Waals surface area contributed by atoms with Crippen LogP contribution in [0.3, 0.4) is 0 Å². The predicted molar refractivity (Wildman–Crippen MR) is 116 cm³/mol. The van der Waals surface area contributed by atoms with Crippen molar-refractivity contribution >= 4 is 29.0 Å². The van der Waals surface area contributed by atoms with Crippen LogP contribution in [0, 0.1) is 5.82 Å². The maximum absolute atomic E-state index is 14.4. The van der Waals surface area contributed by atoms with E-state index in [0.29, 0.717) is 36.3 Å². The van der Waals surface area contributed by atoms with E-state index in [0.717, 1.165) is 12.8 Å². The Hall–Kier alpha value is -3.07. The largest absolute Gasteiger partial charge is 0.393 e. The van der Waals surface area contributed by atoms with E-state index in [9.17, 15) is 19.1 Å². The number of amides is 1. The molecule has 1 amide bonds. The molecule has 1 saturated carbocycles. The predicted octanol–water partition coefficient (Wildman–Crippen LogP) is 3.33. The molecule has 2 aromatic rings. The molecule has 1 heterocycles. The van der Waals surface area contributed by atoms with Crippen molar-refractivity contribution in [2.45, 2.75) is 64.5 Å². The standard InChI is InChI=1S/C22H28FN5O3/c1-3-16-21(25-13-6-8-14(29)9-7-13)28-22(19(26-16)20(24)31)27-17-11-12(18(30)4-2)5-10-15(17)23/h5,10-11,13-14,29H,3-4,6-9H2,1-2H3,(H2,24,31)(H2,25,27,28). The lowest BCUT2D eigenvalue weighted by Gasteiger charge is -2.27. The van der Waals surface area contributed by atoms with E-state index >= 15 is 0 Å². The van der Waals surface area contributed by atoms with Gasteiger partial charge in [0.05, 0.1) is 17.5 Å². The molecule has 0 aliphatic heterocycles. The van der Waals surface area contributed by atoms with Gasteiger partial charge in [-0.1, -0.05) is 13.8 Å². The molecule has 1 aromatic heterocycles. The van der Waals surface area contributed by atoms with Crippen LogP contribution in [0.5, 0.6) is 0 Å². The maximum atomic E-state index is 14.4. The van der Waals surface area contributed by atoms with E-state index in [2.05, 4.69) is 20.6 Å². The van der Waals surface area contributed by atoms with E-state index in [4.69, 9.17) is 5.73 Å². The Labute approximate surface area is 180 Å². The zero-order chi connectivity index (χ0) is 22.5. The highest BCUT2D eigenvalue weighted by atomic mass is 19.1. The molecule has 0 unspecified atom stereocenters. The summed E-state index contributed by atoms with van der Waals surface area (Å²) in [6, 6.07) is 4.10. The van der Waals surface area contributed by atoms with Gasteiger partial charge >= 0.3 is 0 Å². The van der Waals surface area contributed by atoms with Gasteiger partial charge in [-0.2, -0.15) is 0 Å². The molecular formula is C22H28FN5O3. The summed E-state index contributed by atoms with van der Waals surface area (Å²) in [7, 11) is 0. The number of aromatic nitrogens is 2. The highest BCUT2D eigenvalue weighted by Crippen LogP contribution is 2.28. The number of ketones is 1. The zero-order valence-corrected chi connectivity index (χ0v) is 17.7. The van der Waals surface area contributed by atoms with Crippen LogP contribution in [0.1, 0.15) is 72.5 Å². The number of nitrogens with one attached hydrogen (secondary N) is 2. The second-order valence-electron chi connectivity index (χ2n) is 7.68. The lowest BCUT2D eigenvalue weighted by Crippen LogP contribution is -2.29. The van der Waals surface area contributed by atoms with Crippen molar-refractivity contribution in [2.24, 2.45) is 5.73 Å². The lowest BCUT2D eigenvalue weighted by atomic mass is 9.93. The SMILES string of the molecule is CCC(=O)c1ccc(F)c(Nc2nc(NC3CCC(O)CC3)c(CC)nc2C(N)=O)c1. The van der Waals surface area contributed by atoms with Crippen molar-refractivity contribution in [3.63, 3.8) is 0 Å². The Morgan fingerprint density at radius 1 is 1.16 bits per heavy atom. The third-order valence-corrected chi connectivity index (χ3v) is 5.44. The second kappa shape index (κ2) is 9.82. The fourth-order valence-electron chi connectivity index (χ4n) is 3.63. The molecule has 1 aliphatic carbocycles. The molecule has 0 saturated heterocycles. The Morgan fingerprint density at radius 3 is 2.48 bits per heavy atom. The molecule has 1 aromatic carbocycles. The van der Waals surface area contributed by atoms with Gasteiger partial charge in [0.1, 0.15) is 11.6 Å². The Morgan fingerprint density at radius 2 is 1.87 bits per heavy atom. The van der Waals surface area contributed by atoms with Crippen LogP contribution in [-0.4, -0.2) is 38.9 Å². The van der Waals surface area contributed by atoms with Crippen molar-refractivity contribution in [2.75, 3.05) is 10.6 Å². The van der Waals surface area contributed by atoms with Gasteiger partial charge in [-0.3, -0.25) is 9.59 Å². The quantitative estimate of drug-likeness (QED) is 0.474. The van der Waals surface area contributed by atoms with E-state index in [1.165, 1.54) is 18.2 Å². The summed E-state index contributed by atoms with van der Waals surface area (Å²) in [5.41, 5.74) is 6.33. The first-order valence-corrected chi connectivity index (χ1v) is 10.6. The van der Waals surface area contributed by atoms with Crippen LogP contribution in [0.2, 0.25) is 0 Å². The van der Waals surface area contributed by atoms with Crippen molar-refractivity contribution in [1.29, 1.82) is 0 Å². The lowest BCUT2D eigenvalue weighted by molar-refractivity contribution is 0.0983. The van der Waals surface area contributed by atoms with Crippen LogP contribution in [0.4, 0.5) is 21.7 Å². The first-order chi connectivity index (χ1) is 14.8. The number of carbonyl (C=O) groups is 2. The number of hydrogen-bond donors (Lipinski definition) is 4. The van der Waals surface area contributed by atoms with E-state index in [-0.39, 0.29) is 41.5 Å². The number of aryl methyl sites for hydroxylation is 1. The van der Waals surface area contributed by atoms with Crippen LogP contribution >= 0.6 is 0 Å². The zero-order valence-electron chi connectivity index (χ0n) is 17.7. The summed E-state index contributed by atoms with van der Waals surface area (Å²) in [4.78, 5) is 32.9. The molecule has 0 spiro atoms. The third-order valence-electron chi connectivity index (χ3n) is 5.44. The number of nitrogens with two attached hydrogens (primary N) is 1. The molecule has 31 heavy (non-hydrogen) atoms. The summed E-state index contributed by atoms with van der Waals surface area (Å²) in [6.45, 7) is 3.61. The Balaban J connectivity index is 1.97. The molecule has 3 rings (SSSR count). The van der Waals surface area contributed by atoms with Crippen molar-refractivity contribution < 1.29 is 19.1 Å². The van der Waals surface area contributed by atoms with Gasteiger partial charge in [0, 0.05) is 18.0 Å². The average molecular weight is 429 g/mol. The van der Waals surface area contributed by atoms with E-state index < -0.39 is 11.7 Å². The van der Waals surface area contributed by atoms with Crippen molar-refractivity contribution in [3.05, 3.63) is 41.0 Å². The maximum Gasteiger partial charge on any atom is 0.271 e. The summed E-state index contributed by atoms with van der Waals surface area (Å²) in [6.07, 6.45) is 3.46. The Bertz CT molecular complexity index is 974. The topological polar surface area (TPSA) is 130 Å². The number of aliphatic hydroxyl groups excluding tert-OH is 1. The molecule has 9 heteroatoms. The summed E-state index contributed by atoms with van der Waals surface area (Å²) < 4.78 is 14.4. The van der Waals surface area contributed by atoms with Crippen LogP contribution in [0.25, 0.3) is 0 Å². The number of halogens is 1. The fourth-order valence-corrected chi connectivity index (χ4v) is 3.63. The number of nitrogens with zero attached hydrogens (tertiary/aromatic N) is 2. The number of primary amides is 1. The van der Waals surface area contributed by atoms with E-state index in [1.807, 2.05) is 6.92 Å². The van der Waals surface area contributed by atoms with Gasteiger partial charge in [-0.15, -0.1) is 0 Å². The molecule has 1 fully saturated rings. The summed E-state index contributed by atoms with van der Waals surface area (Å²) in [5.74, 6) is -1.02. The van der Waals surface area contributed by atoms with Crippen LogP contribution < -0.4 is 16.4 Å². The molecule has 1 aliphatic rings. The first-order valence-electron chi connectivity index (χ1n) is 10.6. The molecule has 0 radical (unpaired) electrons. The molecule has 166 valence electrons. The normalized spacial score (nSPS) is 18.5. The summed E-state index contributed by atoms with van der Waals surface area (Å²) in [5, 5.41) is 15.9. The minimum absolute atomic E-state index is 0.00656. The molecular weight excluding hydrogens is 401 g/mol. The van der Waals surface area contributed by atoms with Crippen LogP contribution in [-0.2, 0) is 6.42 Å². The summed E-state index contributed by atoms with van der Waals surface area (Å²) >= 11 is 0. The van der Waals surface area contributed by atoms with Crippen LogP contribution in [0.15, 0.2) is 18.2 Å². The molecule has 5 N–H and O–H groups in total. The van der Waals surface area contributed by atoms with Gasteiger partial charge in [-0.05, 0) is 50.3 Å². The highest BCUT2D eigenvalue weighted by Gasteiger charge is 2.23. The molecule has 0 bridgehead atoms. The second-order valence-corrected chi connectivity index (χ2v) is 7.68. The Kier molecular flexibility index (Phi) is 7.17. The van der Waals surface area contributed by atoms with Crippen molar-refractivity contribution in [3.8, 4) is 0 Å². The monoisotopic (exact) mass is 429 g/mol. The third kappa shape index (κ3) is 5.35. The molecule has 0 atom stereocenters. The number of rotatable bonds is 8. The highest BCUT2D eigenvalue weighted by molar-refractivity contribution is 5.98. The van der Waals surface area contributed by atoms with Gasteiger partial charge in [0.25, 0.3) is 5.91 Å². The number of carbonyl (C=O) groups excluding carboxylic acids is 2. The van der Waals surface area contributed by atoms with Gasteiger partial charge in [0.15, 0.2) is 17.3 Å². The minimum atomic E-state index is -0.793. The number of hydrogen-bond acceptors (Lipinski definition) is 7. The number of Topliss-reactive ketones (excluding diaryl/α,β-unsaturated/α-hetero) is 1. The fraction of sp³-hybridized carbons (Fsp3) is 0.455. The number of aliphatic hydroxyl groups is 1. The smallest absolute Gasteiger partial charge is 0.271 e. The average Bonchev–Trinajstić information content (AvgIpc) is 2.76. The first kappa shape index (κ1) is 22.6. The number of benzene rings is 1. The molecule has 8 nitrogen and oxygen atoms in total. The van der Waals surface area contributed by atoms with E-state index in [1.54, 1.807) is 6.92 Å². The van der Waals surface area contributed by atoms with Gasteiger partial charge < -0.3 is 21.5 Å².